The molecule has 0 saturated heterocycles. The van der Waals surface area contributed by atoms with Gasteiger partial charge in [0.2, 0.25) is 11.8 Å². The molecule has 0 spiro atoms. The minimum Gasteiger partial charge on any atom is -0.326 e. The highest BCUT2D eigenvalue weighted by molar-refractivity contribution is 5.95. The molecule has 0 aromatic heterocycles. The molecule has 0 aliphatic heterocycles. The predicted molar refractivity (Wildman–Crippen MR) is 118 cm³/mol. The Labute approximate surface area is 172 Å². The van der Waals surface area contributed by atoms with E-state index in [9.17, 15) is 9.59 Å². The average Bonchev–Trinajstić information content (AvgIpc) is 2.74. The molecule has 148 valence electrons. The lowest BCUT2D eigenvalue weighted by Crippen LogP contribution is -2.32. The van der Waals surface area contributed by atoms with E-state index in [4.69, 9.17) is 0 Å². The molecule has 0 radical (unpaired) electrons. The summed E-state index contributed by atoms with van der Waals surface area (Å²) in [5.74, 6) is 0.0112. The lowest BCUT2D eigenvalue weighted by Gasteiger charge is -2.22. The molecule has 0 atom stereocenters. The zero-order chi connectivity index (χ0) is 20.5. The lowest BCUT2D eigenvalue weighted by atomic mass is 10.1. The molecular formula is C25H26N2O2. The van der Waals surface area contributed by atoms with Crippen molar-refractivity contribution in [1.82, 2.24) is 0 Å². The maximum Gasteiger partial charge on any atom is 0.231 e. The Kier molecular flexibility index (Phi) is 7.17. The van der Waals surface area contributed by atoms with Gasteiger partial charge in [-0.1, -0.05) is 67.6 Å². The summed E-state index contributed by atoms with van der Waals surface area (Å²) in [6.07, 6.45) is 1.56. The topological polar surface area (TPSA) is 49.4 Å². The summed E-state index contributed by atoms with van der Waals surface area (Å²) in [5, 5.41) is 2.91. The second-order valence-corrected chi connectivity index (χ2v) is 6.97. The molecule has 4 nitrogen and oxygen atoms in total. The number of nitrogens with zero attached hydrogens (tertiary/aromatic N) is 1. The van der Waals surface area contributed by atoms with E-state index in [1.807, 2.05) is 89.8 Å². The summed E-state index contributed by atoms with van der Waals surface area (Å²) in [6.45, 7) is 2.76. The second-order valence-electron chi connectivity index (χ2n) is 6.97. The fourth-order valence-corrected chi connectivity index (χ4v) is 3.19. The first-order valence-corrected chi connectivity index (χ1v) is 9.94. The lowest BCUT2D eigenvalue weighted by molar-refractivity contribution is -0.118. The van der Waals surface area contributed by atoms with E-state index in [2.05, 4.69) is 12.2 Å². The van der Waals surface area contributed by atoms with Crippen molar-refractivity contribution in [3.05, 3.63) is 96.1 Å². The fraction of sp³-hybridized carbons (Fsp3) is 0.200. The zero-order valence-corrected chi connectivity index (χ0v) is 16.7. The van der Waals surface area contributed by atoms with Crippen molar-refractivity contribution in [3.63, 3.8) is 0 Å². The molecule has 0 saturated carbocycles. The van der Waals surface area contributed by atoms with Crippen molar-refractivity contribution in [2.45, 2.75) is 26.2 Å². The standard InChI is InChI=1S/C25H26N2O2/c1-2-17-27(23-11-7-4-8-12-23)25(29)19-21-13-15-22(16-14-21)26-24(28)18-20-9-5-3-6-10-20/h3-16H,2,17-19H2,1H3,(H,26,28). The largest absolute Gasteiger partial charge is 0.326 e. The minimum absolute atomic E-state index is 0.0572. The fourth-order valence-electron chi connectivity index (χ4n) is 3.19. The van der Waals surface area contributed by atoms with E-state index >= 15 is 0 Å². The number of para-hydroxylation sites is 1. The van der Waals surface area contributed by atoms with Crippen LogP contribution in [-0.4, -0.2) is 18.4 Å². The van der Waals surface area contributed by atoms with Gasteiger partial charge in [0.05, 0.1) is 12.8 Å². The number of hydrogen-bond acceptors (Lipinski definition) is 2. The molecule has 4 heteroatoms. The Morgan fingerprint density at radius 2 is 1.34 bits per heavy atom. The number of anilines is 2. The summed E-state index contributed by atoms with van der Waals surface area (Å²) in [5.41, 5.74) is 3.55. The van der Waals surface area contributed by atoms with Gasteiger partial charge in [-0.15, -0.1) is 0 Å². The van der Waals surface area contributed by atoms with Crippen LogP contribution in [0.25, 0.3) is 0 Å². The van der Waals surface area contributed by atoms with Crippen molar-refractivity contribution in [2.24, 2.45) is 0 Å². The molecule has 0 bridgehead atoms. The Balaban J connectivity index is 1.59. The summed E-state index contributed by atoms with van der Waals surface area (Å²) >= 11 is 0. The monoisotopic (exact) mass is 386 g/mol. The van der Waals surface area contributed by atoms with Crippen LogP contribution in [0, 0.1) is 0 Å². The molecule has 0 fully saturated rings. The van der Waals surface area contributed by atoms with Gasteiger partial charge in [-0.3, -0.25) is 9.59 Å². The Bertz CT molecular complexity index is 922. The molecule has 3 aromatic carbocycles. The van der Waals surface area contributed by atoms with Crippen molar-refractivity contribution in [1.29, 1.82) is 0 Å². The number of nitrogens with one attached hydrogen (secondary N) is 1. The van der Waals surface area contributed by atoms with Gasteiger partial charge in [-0.2, -0.15) is 0 Å². The van der Waals surface area contributed by atoms with Gasteiger partial charge in [0.25, 0.3) is 0 Å². The minimum atomic E-state index is -0.0572. The summed E-state index contributed by atoms with van der Waals surface area (Å²) in [7, 11) is 0. The van der Waals surface area contributed by atoms with E-state index in [0.717, 1.165) is 28.9 Å². The summed E-state index contributed by atoms with van der Waals surface area (Å²) < 4.78 is 0. The molecule has 3 aromatic rings. The van der Waals surface area contributed by atoms with Gasteiger partial charge in [-0.25, -0.2) is 0 Å². The van der Waals surface area contributed by atoms with Crippen molar-refractivity contribution in [3.8, 4) is 0 Å². The van der Waals surface area contributed by atoms with Crippen LogP contribution in [0.3, 0.4) is 0 Å². The van der Waals surface area contributed by atoms with E-state index < -0.39 is 0 Å². The molecule has 29 heavy (non-hydrogen) atoms. The van der Waals surface area contributed by atoms with Crippen LogP contribution in [0.15, 0.2) is 84.9 Å². The smallest absolute Gasteiger partial charge is 0.231 e. The third-order valence-corrected chi connectivity index (χ3v) is 4.62. The normalized spacial score (nSPS) is 10.4. The Hall–Kier alpha value is -3.40. The molecule has 0 heterocycles. The Morgan fingerprint density at radius 3 is 1.97 bits per heavy atom. The van der Waals surface area contributed by atoms with Gasteiger partial charge in [0.1, 0.15) is 0 Å². The maximum absolute atomic E-state index is 12.8. The average molecular weight is 386 g/mol. The van der Waals surface area contributed by atoms with Crippen LogP contribution in [0.2, 0.25) is 0 Å². The first-order valence-electron chi connectivity index (χ1n) is 9.94. The molecule has 2 amide bonds. The number of rotatable bonds is 8. The van der Waals surface area contributed by atoms with Crippen LogP contribution < -0.4 is 10.2 Å². The highest BCUT2D eigenvalue weighted by Crippen LogP contribution is 2.17. The SMILES string of the molecule is CCCN(C(=O)Cc1ccc(NC(=O)Cc2ccccc2)cc1)c1ccccc1. The summed E-state index contributed by atoms with van der Waals surface area (Å²) in [6, 6.07) is 26.9. The van der Waals surface area contributed by atoms with Crippen LogP contribution in [0.4, 0.5) is 11.4 Å². The number of carbonyl (C=O) groups is 2. The van der Waals surface area contributed by atoms with Crippen LogP contribution >= 0.6 is 0 Å². The molecule has 0 aliphatic carbocycles. The van der Waals surface area contributed by atoms with Crippen LogP contribution in [-0.2, 0) is 22.4 Å². The van der Waals surface area contributed by atoms with Gasteiger partial charge < -0.3 is 10.2 Å². The molecule has 0 unspecified atom stereocenters. The van der Waals surface area contributed by atoms with Crippen LogP contribution in [0.5, 0.6) is 0 Å². The number of amides is 2. The molecular weight excluding hydrogens is 360 g/mol. The van der Waals surface area contributed by atoms with Crippen LogP contribution in [0.1, 0.15) is 24.5 Å². The summed E-state index contributed by atoms with van der Waals surface area (Å²) in [4.78, 5) is 26.8. The third kappa shape index (κ3) is 6.04. The van der Waals surface area contributed by atoms with Crippen molar-refractivity contribution in [2.75, 3.05) is 16.8 Å². The quantitative estimate of drug-likeness (QED) is 0.601. The zero-order valence-electron chi connectivity index (χ0n) is 16.7. The van der Waals surface area contributed by atoms with E-state index in [-0.39, 0.29) is 11.8 Å². The van der Waals surface area contributed by atoms with Gasteiger partial charge in [-0.05, 0) is 41.8 Å². The number of carbonyl (C=O) groups excluding carboxylic acids is 2. The van der Waals surface area contributed by atoms with Gasteiger partial charge in [0, 0.05) is 17.9 Å². The molecule has 1 N–H and O–H groups in total. The first kappa shape index (κ1) is 20.3. The highest BCUT2D eigenvalue weighted by Gasteiger charge is 2.15. The Morgan fingerprint density at radius 1 is 0.759 bits per heavy atom. The second kappa shape index (κ2) is 10.2. The van der Waals surface area contributed by atoms with Crippen molar-refractivity contribution < 1.29 is 9.59 Å². The first-order chi connectivity index (χ1) is 14.2. The molecule has 3 rings (SSSR count). The number of benzene rings is 3. The highest BCUT2D eigenvalue weighted by atomic mass is 16.2. The molecule has 0 aliphatic rings. The van der Waals surface area contributed by atoms with Gasteiger partial charge >= 0.3 is 0 Å². The predicted octanol–water partition coefficient (Wildman–Crippen LogP) is 4.85. The number of hydrogen-bond donors (Lipinski definition) is 1. The van der Waals surface area contributed by atoms with Gasteiger partial charge in [0.15, 0.2) is 0 Å². The van der Waals surface area contributed by atoms with E-state index in [1.54, 1.807) is 0 Å². The van der Waals surface area contributed by atoms with E-state index in [0.29, 0.717) is 19.4 Å². The maximum atomic E-state index is 12.8. The van der Waals surface area contributed by atoms with Crippen molar-refractivity contribution >= 4 is 23.2 Å². The third-order valence-electron chi connectivity index (χ3n) is 4.62. The van der Waals surface area contributed by atoms with E-state index in [1.165, 1.54) is 0 Å².